The molecule has 0 amide bonds. The molecule has 170 valence electrons. The molecule has 1 N–H and O–H groups in total. The molecule has 0 spiro atoms. The molecule has 1 aromatic carbocycles. The molecule has 0 radical (unpaired) electrons. The molecule has 0 aliphatic heterocycles. The third kappa shape index (κ3) is 5.20. The van der Waals surface area contributed by atoms with E-state index in [0.29, 0.717) is 51.6 Å². The van der Waals surface area contributed by atoms with Gasteiger partial charge in [0, 0.05) is 11.9 Å². The van der Waals surface area contributed by atoms with Crippen LogP contribution < -0.4 is 10.3 Å². The standard InChI is InChI=1S/C23H27N3O4S2/c27-22-21-20(10-11-24-21)25-23(31-12-1-13-32(28,29)15-17-4-5-17)26(22)18-6-8-19(9-7-18)30-14-16-2-3-16/h6-11,16-17,24H,1-5,12-15H2. The Morgan fingerprint density at radius 2 is 1.84 bits per heavy atom. The van der Waals surface area contributed by atoms with Gasteiger partial charge < -0.3 is 9.72 Å². The Morgan fingerprint density at radius 3 is 2.56 bits per heavy atom. The zero-order valence-electron chi connectivity index (χ0n) is 17.8. The minimum atomic E-state index is -3.00. The van der Waals surface area contributed by atoms with Crippen LogP contribution >= 0.6 is 11.8 Å². The number of ether oxygens (including phenoxy) is 1. The van der Waals surface area contributed by atoms with Crippen LogP contribution in [0.25, 0.3) is 16.7 Å². The summed E-state index contributed by atoms with van der Waals surface area (Å²) >= 11 is 1.42. The van der Waals surface area contributed by atoms with Gasteiger partial charge in [0.1, 0.15) is 11.3 Å². The van der Waals surface area contributed by atoms with Gasteiger partial charge in [0.05, 0.1) is 29.3 Å². The molecule has 2 fully saturated rings. The number of thioether (sulfide) groups is 1. The third-order valence-electron chi connectivity index (χ3n) is 5.84. The van der Waals surface area contributed by atoms with E-state index in [4.69, 9.17) is 4.74 Å². The highest BCUT2D eigenvalue weighted by atomic mass is 32.2. The number of hydrogen-bond acceptors (Lipinski definition) is 6. The highest BCUT2D eigenvalue weighted by molar-refractivity contribution is 7.99. The monoisotopic (exact) mass is 473 g/mol. The Labute approximate surface area is 191 Å². The van der Waals surface area contributed by atoms with Crippen molar-refractivity contribution in [3.8, 4) is 11.4 Å². The number of nitrogens with one attached hydrogen (secondary N) is 1. The Kier molecular flexibility index (Phi) is 6.03. The fourth-order valence-corrected chi connectivity index (χ4v) is 6.60. The highest BCUT2D eigenvalue weighted by Gasteiger charge is 2.27. The number of H-pyrrole nitrogens is 1. The minimum Gasteiger partial charge on any atom is -0.493 e. The van der Waals surface area contributed by atoms with Crippen molar-refractivity contribution in [1.82, 2.24) is 14.5 Å². The quantitative estimate of drug-likeness (QED) is 0.259. The van der Waals surface area contributed by atoms with Gasteiger partial charge in [-0.15, -0.1) is 0 Å². The molecule has 9 heteroatoms. The van der Waals surface area contributed by atoms with Gasteiger partial charge in [-0.3, -0.25) is 9.36 Å². The Balaban J connectivity index is 1.33. The molecule has 0 bridgehead atoms. The van der Waals surface area contributed by atoms with E-state index in [9.17, 15) is 13.2 Å². The summed E-state index contributed by atoms with van der Waals surface area (Å²) in [4.78, 5) is 20.8. The maximum absolute atomic E-state index is 13.2. The van der Waals surface area contributed by atoms with E-state index in [1.807, 2.05) is 24.3 Å². The van der Waals surface area contributed by atoms with Crippen LogP contribution in [-0.2, 0) is 9.84 Å². The van der Waals surface area contributed by atoms with E-state index in [2.05, 4.69) is 9.97 Å². The van der Waals surface area contributed by atoms with Crippen molar-refractivity contribution in [2.45, 2.75) is 37.3 Å². The van der Waals surface area contributed by atoms with Crippen molar-refractivity contribution in [3.05, 3.63) is 46.9 Å². The van der Waals surface area contributed by atoms with Crippen LogP contribution in [0.4, 0.5) is 0 Å². The Hall–Kier alpha value is -2.26. The first kappa shape index (κ1) is 21.6. The summed E-state index contributed by atoms with van der Waals surface area (Å²) in [6.07, 6.45) is 6.78. The summed E-state index contributed by atoms with van der Waals surface area (Å²) < 4.78 is 31.8. The largest absolute Gasteiger partial charge is 0.493 e. The SMILES string of the molecule is O=c1c2[nH]ccc2nc(SCCCS(=O)(=O)CC2CC2)n1-c1ccc(OCC2CC2)cc1. The van der Waals surface area contributed by atoms with Crippen LogP contribution in [0.1, 0.15) is 32.1 Å². The summed E-state index contributed by atoms with van der Waals surface area (Å²) in [6, 6.07) is 9.26. The summed E-state index contributed by atoms with van der Waals surface area (Å²) in [6.45, 7) is 0.736. The summed E-state index contributed by atoms with van der Waals surface area (Å²) in [7, 11) is -3.00. The molecule has 5 rings (SSSR count). The number of hydrogen-bond donors (Lipinski definition) is 1. The average Bonchev–Trinajstić information content (AvgIpc) is 3.70. The maximum atomic E-state index is 13.2. The fraction of sp³-hybridized carbons (Fsp3) is 0.478. The molecule has 0 unspecified atom stereocenters. The molecule has 7 nitrogen and oxygen atoms in total. The van der Waals surface area contributed by atoms with Gasteiger partial charge in [0.15, 0.2) is 15.0 Å². The summed E-state index contributed by atoms with van der Waals surface area (Å²) in [5.41, 5.74) is 1.60. The summed E-state index contributed by atoms with van der Waals surface area (Å²) in [5, 5.41) is 0.563. The molecular formula is C23H27N3O4S2. The number of benzene rings is 1. The zero-order chi connectivity index (χ0) is 22.1. The zero-order valence-corrected chi connectivity index (χ0v) is 19.5. The average molecular weight is 474 g/mol. The third-order valence-corrected chi connectivity index (χ3v) is 8.76. The second-order valence-electron chi connectivity index (χ2n) is 8.78. The first-order valence-electron chi connectivity index (χ1n) is 11.1. The lowest BCUT2D eigenvalue weighted by Crippen LogP contribution is -2.22. The molecule has 0 atom stereocenters. The fourth-order valence-electron chi connectivity index (χ4n) is 3.66. The molecule has 2 aromatic heterocycles. The van der Waals surface area contributed by atoms with Crippen molar-refractivity contribution in [3.63, 3.8) is 0 Å². The first-order chi connectivity index (χ1) is 15.5. The Morgan fingerprint density at radius 1 is 1.09 bits per heavy atom. The number of aromatic amines is 1. The van der Waals surface area contributed by atoms with E-state index in [1.165, 1.54) is 24.6 Å². The van der Waals surface area contributed by atoms with Crippen LogP contribution in [-0.4, -0.2) is 46.8 Å². The van der Waals surface area contributed by atoms with Crippen molar-refractivity contribution < 1.29 is 13.2 Å². The molecular weight excluding hydrogens is 446 g/mol. The number of fused-ring (bicyclic) bond motifs is 1. The van der Waals surface area contributed by atoms with Gasteiger partial charge in [-0.2, -0.15) is 0 Å². The molecule has 3 aromatic rings. The first-order valence-corrected chi connectivity index (χ1v) is 14.0. The highest BCUT2D eigenvalue weighted by Crippen LogP contribution is 2.31. The van der Waals surface area contributed by atoms with E-state index in [-0.39, 0.29) is 11.3 Å². The topological polar surface area (TPSA) is 94.0 Å². The maximum Gasteiger partial charge on any atom is 0.283 e. The van der Waals surface area contributed by atoms with Crippen molar-refractivity contribution >= 4 is 32.6 Å². The van der Waals surface area contributed by atoms with Crippen LogP contribution in [0.2, 0.25) is 0 Å². The van der Waals surface area contributed by atoms with E-state index >= 15 is 0 Å². The van der Waals surface area contributed by atoms with Crippen molar-refractivity contribution in [2.75, 3.05) is 23.9 Å². The van der Waals surface area contributed by atoms with Gasteiger partial charge in [-0.1, -0.05) is 11.8 Å². The predicted molar refractivity (Wildman–Crippen MR) is 127 cm³/mol. The van der Waals surface area contributed by atoms with E-state index < -0.39 is 9.84 Å². The minimum absolute atomic E-state index is 0.171. The normalized spacial score (nSPS) is 16.5. The Bertz CT molecular complexity index is 1260. The molecule has 2 aliphatic carbocycles. The number of aromatic nitrogens is 3. The number of rotatable bonds is 11. The number of nitrogens with zero attached hydrogens (tertiary/aromatic N) is 2. The van der Waals surface area contributed by atoms with Gasteiger partial charge in [-0.05, 0) is 74.3 Å². The second-order valence-corrected chi connectivity index (χ2v) is 12.1. The van der Waals surface area contributed by atoms with Crippen LogP contribution in [0.5, 0.6) is 5.75 Å². The van der Waals surface area contributed by atoms with Crippen LogP contribution in [0.15, 0.2) is 46.5 Å². The molecule has 2 aliphatic rings. The van der Waals surface area contributed by atoms with Gasteiger partial charge in [0.25, 0.3) is 5.56 Å². The molecule has 2 heterocycles. The lowest BCUT2D eigenvalue weighted by Gasteiger charge is -2.13. The second kappa shape index (κ2) is 8.94. The summed E-state index contributed by atoms with van der Waals surface area (Å²) in [5.74, 6) is 2.90. The smallest absolute Gasteiger partial charge is 0.283 e. The lowest BCUT2D eigenvalue weighted by molar-refractivity contribution is 0.300. The van der Waals surface area contributed by atoms with E-state index in [0.717, 1.165) is 25.2 Å². The molecule has 32 heavy (non-hydrogen) atoms. The molecule has 2 saturated carbocycles. The molecule has 0 saturated heterocycles. The van der Waals surface area contributed by atoms with Gasteiger partial charge >= 0.3 is 0 Å². The van der Waals surface area contributed by atoms with Crippen molar-refractivity contribution in [2.24, 2.45) is 11.8 Å². The van der Waals surface area contributed by atoms with Gasteiger partial charge in [-0.25, -0.2) is 13.4 Å². The van der Waals surface area contributed by atoms with E-state index in [1.54, 1.807) is 16.8 Å². The van der Waals surface area contributed by atoms with Crippen LogP contribution in [0, 0.1) is 11.8 Å². The van der Waals surface area contributed by atoms with Crippen molar-refractivity contribution in [1.29, 1.82) is 0 Å². The predicted octanol–water partition coefficient (Wildman–Crippen LogP) is 3.81. The lowest BCUT2D eigenvalue weighted by atomic mass is 10.3. The van der Waals surface area contributed by atoms with Gasteiger partial charge in [0.2, 0.25) is 0 Å². The number of sulfone groups is 1. The van der Waals surface area contributed by atoms with Crippen LogP contribution in [0.3, 0.4) is 0 Å².